The molecule has 0 aliphatic carbocycles. The summed E-state index contributed by atoms with van der Waals surface area (Å²) in [6.07, 6.45) is -4.91. The maximum Gasteiger partial charge on any atom is 0.422 e. The zero-order valence-electron chi connectivity index (χ0n) is 14.2. The summed E-state index contributed by atoms with van der Waals surface area (Å²) in [6, 6.07) is 13.4. The number of hydrogen-bond acceptors (Lipinski definition) is 2. The lowest BCUT2D eigenvalue weighted by molar-refractivity contribution is -0.142. The van der Waals surface area contributed by atoms with E-state index in [0.29, 0.717) is 21.6 Å². The average molecular weight is 359 g/mol. The molecule has 3 nitrogen and oxygen atoms in total. The van der Waals surface area contributed by atoms with Gasteiger partial charge in [0.1, 0.15) is 5.57 Å². The van der Waals surface area contributed by atoms with Crippen LogP contribution in [0.1, 0.15) is 22.3 Å². The Morgan fingerprint density at radius 2 is 1.42 bits per heavy atom. The van der Waals surface area contributed by atoms with E-state index in [1.807, 2.05) is 0 Å². The molecule has 1 aliphatic heterocycles. The maximum atomic E-state index is 13.6. The van der Waals surface area contributed by atoms with E-state index >= 15 is 0 Å². The highest BCUT2D eigenvalue weighted by Gasteiger charge is 2.51. The first-order chi connectivity index (χ1) is 12.2. The van der Waals surface area contributed by atoms with Crippen LogP contribution in [0.5, 0.6) is 0 Å². The van der Waals surface area contributed by atoms with Gasteiger partial charge in [-0.2, -0.15) is 13.2 Å². The summed E-state index contributed by atoms with van der Waals surface area (Å²) >= 11 is 0. The van der Waals surface area contributed by atoms with Gasteiger partial charge in [-0.15, -0.1) is 0 Å². The van der Waals surface area contributed by atoms with Gasteiger partial charge < -0.3 is 0 Å². The Morgan fingerprint density at radius 3 is 1.96 bits per heavy atom. The van der Waals surface area contributed by atoms with Gasteiger partial charge in [-0.1, -0.05) is 48.5 Å². The third-order valence-electron chi connectivity index (χ3n) is 4.37. The number of nitrogens with zero attached hydrogens (tertiary/aromatic N) is 1. The number of aryl methyl sites for hydroxylation is 2. The topological polar surface area (TPSA) is 37.4 Å². The van der Waals surface area contributed by atoms with Crippen molar-refractivity contribution in [3.8, 4) is 0 Å². The van der Waals surface area contributed by atoms with Gasteiger partial charge >= 0.3 is 6.18 Å². The fourth-order valence-electron chi connectivity index (χ4n) is 3.19. The lowest BCUT2D eigenvalue weighted by atomic mass is 9.93. The number of carbonyl (C=O) groups is 2. The molecule has 1 aliphatic rings. The lowest BCUT2D eigenvalue weighted by Gasteiger charge is -2.16. The van der Waals surface area contributed by atoms with Crippen molar-refractivity contribution in [2.75, 3.05) is 0 Å². The predicted octanol–water partition coefficient (Wildman–Crippen LogP) is 4.19. The summed E-state index contributed by atoms with van der Waals surface area (Å²) in [5.74, 6) is -2.22. The summed E-state index contributed by atoms with van der Waals surface area (Å²) in [5.41, 5.74) is -0.161. The molecule has 0 fully saturated rings. The van der Waals surface area contributed by atoms with Crippen molar-refractivity contribution < 1.29 is 22.8 Å². The van der Waals surface area contributed by atoms with Crippen LogP contribution in [0.15, 0.2) is 54.1 Å². The van der Waals surface area contributed by atoms with Crippen molar-refractivity contribution >= 4 is 17.4 Å². The summed E-state index contributed by atoms with van der Waals surface area (Å²) < 4.78 is 40.9. The van der Waals surface area contributed by atoms with Crippen molar-refractivity contribution in [2.45, 2.75) is 26.6 Å². The number of amides is 2. The molecule has 0 radical (unpaired) electrons. The zero-order chi connectivity index (χ0) is 19.1. The second-order valence-corrected chi connectivity index (χ2v) is 6.20. The van der Waals surface area contributed by atoms with E-state index < -0.39 is 29.1 Å². The van der Waals surface area contributed by atoms with E-state index in [0.717, 1.165) is 0 Å². The first-order valence-corrected chi connectivity index (χ1v) is 8.00. The van der Waals surface area contributed by atoms with Gasteiger partial charge in [0, 0.05) is 0 Å². The van der Waals surface area contributed by atoms with Crippen molar-refractivity contribution in [2.24, 2.45) is 0 Å². The summed E-state index contributed by atoms with van der Waals surface area (Å²) in [7, 11) is 0. The van der Waals surface area contributed by atoms with Gasteiger partial charge in [-0.3, -0.25) is 14.5 Å². The Bertz CT molecular complexity index is 894. The number of carbonyl (C=O) groups excluding carboxylic acids is 2. The summed E-state index contributed by atoms with van der Waals surface area (Å²) in [6.45, 7) is 3.05. The van der Waals surface area contributed by atoms with Crippen LogP contribution < -0.4 is 0 Å². The molecular formula is C20H16F3NO2. The number of hydrogen-bond donors (Lipinski definition) is 0. The monoisotopic (exact) mass is 359 g/mol. The van der Waals surface area contributed by atoms with E-state index in [-0.39, 0.29) is 12.1 Å². The van der Waals surface area contributed by atoms with Crippen LogP contribution >= 0.6 is 0 Å². The average Bonchev–Trinajstić information content (AvgIpc) is 2.80. The standard InChI is InChI=1S/C20H16F3NO2/c1-12-7-6-8-13(2)15(12)16-17(20(21,22)23)19(26)24(18(16)25)11-14-9-4-3-5-10-14/h3-10H,11H2,1-2H3. The third kappa shape index (κ3) is 3.03. The van der Waals surface area contributed by atoms with E-state index in [1.54, 1.807) is 62.4 Å². The molecule has 2 amide bonds. The zero-order valence-corrected chi connectivity index (χ0v) is 14.2. The van der Waals surface area contributed by atoms with Crippen LogP contribution in [0.4, 0.5) is 13.2 Å². The molecule has 2 aromatic carbocycles. The quantitative estimate of drug-likeness (QED) is 0.771. The Balaban J connectivity index is 2.14. The number of rotatable bonds is 3. The van der Waals surface area contributed by atoms with Crippen molar-refractivity contribution in [1.29, 1.82) is 0 Å². The Hall–Kier alpha value is -2.89. The van der Waals surface area contributed by atoms with Gasteiger partial charge in [0.2, 0.25) is 0 Å². The molecule has 0 saturated carbocycles. The molecule has 0 spiro atoms. The van der Waals surface area contributed by atoms with E-state index in [1.165, 1.54) is 0 Å². The number of alkyl halides is 3. The van der Waals surface area contributed by atoms with Crippen LogP contribution in [-0.2, 0) is 16.1 Å². The van der Waals surface area contributed by atoms with Crippen LogP contribution in [-0.4, -0.2) is 22.9 Å². The molecule has 134 valence electrons. The predicted molar refractivity (Wildman–Crippen MR) is 90.9 cm³/mol. The highest BCUT2D eigenvalue weighted by Crippen LogP contribution is 2.41. The van der Waals surface area contributed by atoms with Crippen LogP contribution in [0.2, 0.25) is 0 Å². The Morgan fingerprint density at radius 1 is 0.846 bits per heavy atom. The molecule has 0 N–H and O–H groups in total. The highest BCUT2D eigenvalue weighted by molar-refractivity contribution is 6.36. The first kappa shape index (κ1) is 17.9. The van der Waals surface area contributed by atoms with Crippen LogP contribution in [0, 0.1) is 13.8 Å². The maximum absolute atomic E-state index is 13.6. The van der Waals surface area contributed by atoms with Gasteiger partial charge in [0.15, 0.2) is 0 Å². The molecule has 0 bridgehead atoms. The fourth-order valence-corrected chi connectivity index (χ4v) is 3.19. The number of imide groups is 1. The SMILES string of the molecule is Cc1cccc(C)c1C1=C(C(F)(F)F)C(=O)N(Cc2ccccc2)C1=O. The second-order valence-electron chi connectivity index (χ2n) is 6.20. The lowest BCUT2D eigenvalue weighted by Crippen LogP contribution is -2.33. The third-order valence-corrected chi connectivity index (χ3v) is 4.37. The molecule has 0 atom stereocenters. The minimum atomic E-state index is -4.91. The fraction of sp³-hybridized carbons (Fsp3) is 0.200. The smallest absolute Gasteiger partial charge is 0.270 e. The molecule has 0 saturated heterocycles. The molecule has 2 aromatic rings. The highest BCUT2D eigenvalue weighted by atomic mass is 19.4. The van der Waals surface area contributed by atoms with Gasteiger partial charge in [0.05, 0.1) is 12.1 Å². The molecule has 0 unspecified atom stereocenters. The minimum absolute atomic E-state index is 0.175. The van der Waals surface area contributed by atoms with Gasteiger partial charge in [-0.05, 0) is 36.1 Å². The van der Waals surface area contributed by atoms with Crippen molar-refractivity contribution in [1.82, 2.24) is 4.90 Å². The number of benzene rings is 2. The van der Waals surface area contributed by atoms with Gasteiger partial charge in [0.25, 0.3) is 11.8 Å². The molecule has 6 heteroatoms. The molecule has 0 aromatic heterocycles. The molecule has 1 heterocycles. The van der Waals surface area contributed by atoms with Crippen LogP contribution in [0.25, 0.3) is 5.57 Å². The Kier molecular flexibility index (Phi) is 4.44. The van der Waals surface area contributed by atoms with E-state index in [4.69, 9.17) is 0 Å². The number of halogens is 3. The summed E-state index contributed by atoms with van der Waals surface area (Å²) in [5, 5.41) is 0. The van der Waals surface area contributed by atoms with E-state index in [9.17, 15) is 22.8 Å². The van der Waals surface area contributed by atoms with Crippen LogP contribution in [0.3, 0.4) is 0 Å². The molecule has 26 heavy (non-hydrogen) atoms. The largest absolute Gasteiger partial charge is 0.422 e. The second kappa shape index (κ2) is 6.44. The van der Waals surface area contributed by atoms with Gasteiger partial charge in [-0.25, -0.2) is 0 Å². The van der Waals surface area contributed by atoms with Crippen molar-refractivity contribution in [3.05, 3.63) is 76.4 Å². The van der Waals surface area contributed by atoms with E-state index in [2.05, 4.69) is 0 Å². The normalized spacial score (nSPS) is 15.2. The minimum Gasteiger partial charge on any atom is -0.270 e. The molecule has 3 rings (SSSR count). The molecular weight excluding hydrogens is 343 g/mol. The van der Waals surface area contributed by atoms with Crippen molar-refractivity contribution in [3.63, 3.8) is 0 Å². The Labute approximate surface area is 148 Å². The first-order valence-electron chi connectivity index (χ1n) is 8.00. The summed E-state index contributed by atoms with van der Waals surface area (Å²) in [4.78, 5) is 26.0.